The third-order valence-corrected chi connectivity index (χ3v) is 2.15. The topological polar surface area (TPSA) is 133 Å². The van der Waals surface area contributed by atoms with E-state index in [4.69, 9.17) is 15.9 Å². The van der Waals surface area contributed by atoms with E-state index in [1.807, 2.05) is 6.92 Å². The summed E-state index contributed by atoms with van der Waals surface area (Å²) in [5.74, 6) is -2.14. The number of carbonyl (C=O) groups is 3. The molecular formula is C10H19N3O5. The van der Waals surface area contributed by atoms with Crippen molar-refractivity contribution in [3.8, 4) is 0 Å². The first kappa shape index (κ1) is 16.2. The highest BCUT2D eigenvalue weighted by molar-refractivity contribution is 5.87. The molecule has 0 rings (SSSR count). The van der Waals surface area contributed by atoms with Crippen LogP contribution in [0.15, 0.2) is 0 Å². The molecule has 0 aliphatic rings. The lowest BCUT2D eigenvalue weighted by Crippen LogP contribution is -2.50. The first-order chi connectivity index (χ1) is 8.42. The van der Waals surface area contributed by atoms with Crippen LogP contribution in [-0.4, -0.2) is 58.8 Å². The summed E-state index contributed by atoms with van der Waals surface area (Å²) < 4.78 is 0. The monoisotopic (exact) mass is 261 g/mol. The van der Waals surface area contributed by atoms with E-state index in [2.05, 4.69) is 5.32 Å². The predicted octanol–water partition coefficient (Wildman–Crippen LogP) is -1.27. The zero-order valence-corrected chi connectivity index (χ0v) is 10.3. The van der Waals surface area contributed by atoms with Gasteiger partial charge >= 0.3 is 12.0 Å². The maximum atomic E-state index is 11.7. The molecule has 18 heavy (non-hydrogen) atoms. The highest BCUT2D eigenvalue weighted by atomic mass is 16.4. The fourth-order valence-electron chi connectivity index (χ4n) is 1.35. The van der Waals surface area contributed by atoms with Crippen molar-refractivity contribution in [3.63, 3.8) is 0 Å². The highest BCUT2D eigenvalue weighted by Gasteiger charge is 2.24. The van der Waals surface area contributed by atoms with Crippen LogP contribution in [0.25, 0.3) is 0 Å². The van der Waals surface area contributed by atoms with Gasteiger partial charge in [-0.15, -0.1) is 0 Å². The lowest BCUT2D eigenvalue weighted by molar-refractivity contribution is -0.140. The zero-order valence-electron chi connectivity index (χ0n) is 10.3. The third kappa shape index (κ3) is 6.04. The molecular weight excluding hydrogens is 242 g/mol. The number of nitrogens with one attached hydrogen (secondary N) is 1. The molecule has 1 atom stereocenters. The van der Waals surface area contributed by atoms with Crippen LogP contribution < -0.4 is 11.1 Å². The Morgan fingerprint density at radius 1 is 1.33 bits per heavy atom. The first-order valence-electron chi connectivity index (χ1n) is 5.59. The van der Waals surface area contributed by atoms with E-state index < -0.39 is 30.4 Å². The third-order valence-electron chi connectivity index (χ3n) is 2.15. The van der Waals surface area contributed by atoms with Gasteiger partial charge in [0.15, 0.2) is 0 Å². The minimum absolute atomic E-state index is 0.0998. The van der Waals surface area contributed by atoms with Gasteiger partial charge in [0.05, 0.1) is 13.0 Å². The van der Waals surface area contributed by atoms with E-state index in [0.717, 1.165) is 0 Å². The Bertz CT molecular complexity index is 302. The van der Waals surface area contributed by atoms with Gasteiger partial charge in [0, 0.05) is 13.1 Å². The van der Waals surface area contributed by atoms with Gasteiger partial charge in [0.1, 0.15) is 6.04 Å². The molecule has 0 bridgehead atoms. The summed E-state index contributed by atoms with van der Waals surface area (Å²) in [7, 11) is 0. The molecule has 0 aromatic rings. The molecule has 5 N–H and O–H groups in total. The number of rotatable bonds is 8. The molecule has 0 radical (unpaired) electrons. The maximum absolute atomic E-state index is 11.7. The van der Waals surface area contributed by atoms with Crippen molar-refractivity contribution in [2.24, 2.45) is 5.73 Å². The lowest BCUT2D eigenvalue weighted by Gasteiger charge is -2.23. The Morgan fingerprint density at radius 2 is 1.94 bits per heavy atom. The summed E-state index contributed by atoms with van der Waals surface area (Å²) in [5.41, 5.74) is 4.89. The van der Waals surface area contributed by atoms with Gasteiger partial charge in [-0.05, 0) is 6.42 Å². The van der Waals surface area contributed by atoms with E-state index in [1.165, 1.54) is 4.90 Å². The average molecular weight is 261 g/mol. The van der Waals surface area contributed by atoms with E-state index in [-0.39, 0.29) is 13.2 Å². The SMILES string of the molecule is CCCN(CCO)C(=O)N[C@H](CC(N)=O)C(=O)O. The van der Waals surface area contributed by atoms with Crippen LogP contribution >= 0.6 is 0 Å². The Labute approximate surface area is 105 Å². The molecule has 8 nitrogen and oxygen atoms in total. The molecule has 0 heterocycles. The number of urea groups is 1. The van der Waals surface area contributed by atoms with E-state index in [0.29, 0.717) is 13.0 Å². The largest absolute Gasteiger partial charge is 0.480 e. The van der Waals surface area contributed by atoms with Gasteiger partial charge in [0.25, 0.3) is 0 Å². The quantitative estimate of drug-likeness (QED) is 0.432. The van der Waals surface area contributed by atoms with Crippen molar-refractivity contribution in [2.75, 3.05) is 19.7 Å². The molecule has 0 spiro atoms. The van der Waals surface area contributed by atoms with E-state index >= 15 is 0 Å². The van der Waals surface area contributed by atoms with Crippen LogP contribution in [0.1, 0.15) is 19.8 Å². The number of hydrogen-bond donors (Lipinski definition) is 4. The summed E-state index contributed by atoms with van der Waals surface area (Å²) in [4.78, 5) is 34.5. The molecule has 0 unspecified atom stereocenters. The molecule has 3 amide bonds. The summed E-state index contributed by atoms with van der Waals surface area (Å²) in [6, 6.07) is -1.99. The number of nitrogens with zero attached hydrogens (tertiary/aromatic N) is 1. The standard InChI is InChI=1S/C10H19N3O5/c1-2-3-13(4-5-14)10(18)12-7(9(16)17)6-8(11)15/h7,14H,2-6H2,1H3,(H2,11,15)(H,12,18)(H,16,17)/t7-/m1/s1. The molecule has 0 aliphatic carbocycles. The number of nitrogens with two attached hydrogens (primary N) is 1. The second kappa shape index (κ2) is 8.29. The van der Waals surface area contributed by atoms with Crippen LogP contribution in [0.5, 0.6) is 0 Å². The number of amides is 3. The summed E-state index contributed by atoms with van der Waals surface area (Å²) in [6.45, 7) is 2.11. The predicted molar refractivity (Wildman–Crippen MR) is 62.7 cm³/mol. The Hall–Kier alpha value is -1.83. The van der Waals surface area contributed by atoms with Crippen LogP contribution in [0.3, 0.4) is 0 Å². The van der Waals surface area contributed by atoms with Gasteiger partial charge in [-0.2, -0.15) is 0 Å². The van der Waals surface area contributed by atoms with Gasteiger partial charge < -0.3 is 26.2 Å². The van der Waals surface area contributed by atoms with Crippen molar-refractivity contribution < 1.29 is 24.6 Å². The number of aliphatic carboxylic acids is 1. The molecule has 8 heteroatoms. The second-order valence-electron chi connectivity index (χ2n) is 3.72. The van der Waals surface area contributed by atoms with Crippen molar-refractivity contribution in [2.45, 2.75) is 25.8 Å². The number of hydrogen-bond acceptors (Lipinski definition) is 4. The molecule has 0 saturated heterocycles. The van der Waals surface area contributed by atoms with E-state index in [1.54, 1.807) is 0 Å². The van der Waals surface area contributed by atoms with Gasteiger partial charge in [0.2, 0.25) is 5.91 Å². The minimum Gasteiger partial charge on any atom is -0.480 e. The van der Waals surface area contributed by atoms with Crippen molar-refractivity contribution in [3.05, 3.63) is 0 Å². The highest BCUT2D eigenvalue weighted by Crippen LogP contribution is 1.97. The Balaban J connectivity index is 4.54. The van der Waals surface area contributed by atoms with Crippen LogP contribution in [0.4, 0.5) is 4.79 Å². The molecule has 0 aromatic carbocycles. The van der Waals surface area contributed by atoms with Gasteiger partial charge in [-0.3, -0.25) is 4.79 Å². The fraction of sp³-hybridized carbons (Fsp3) is 0.700. The second-order valence-corrected chi connectivity index (χ2v) is 3.72. The lowest BCUT2D eigenvalue weighted by atomic mass is 10.2. The summed E-state index contributed by atoms with van der Waals surface area (Å²) in [5, 5.41) is 19.8. The molecule has 0 aliphatic heterocycles. The van der Waals surface area contributed by atoms with Gasteiger partial charge in [-0.25, -0.2) is 9.59 Å². The number of carbonyl (C=O) groups excluding carboxylic acids is 2. The number of carboxylic acids is 1. The smallest absolute Gasteiger partial charge is 0.326 e. The zero-order chi connectivity index (χ0) is 14.1. The Morgan fingerprint density at radius 3 is 2.33 bits per heavy atom. The van der Waals surface area contributed by atoms with Crippen LogP contribution in [-0.2, 0) is 9.59 Å². The minimum atomic E-state index is -1.35. The number of carboxylic acid groups (broad SMARTS) is 1. The summed E-state index contributed by atoms with van der Waals surface area (Å²) >= 11 is 0. The van der Waals surface area contributed by atoms with Gasteiger partial charge in [-0.1, -0.05) is 6.92 Å². The van der Waals surface area contributed by atoms with Crippen molar-refractivity contribution in [1.82, 2.24) is 10.2 Å². The van der Waals surface area contributed by atoms with Crippen LogP contribution in [0.2, 0.25) is 0 Å². The summed E-state index contributed by atoms with van der Waals surface area (Å²) in [6.07, 6.45) is 0.196. The van der Waals surface area contributed by atoms with Crippen molar-refractivity contribution >= 4 is 17.9 Å². The number of primary amides is 1. The molecule has 0 aromatic heterocycles. The molecule has 104 valence electrons. The normalized spacial score (nSPS) is 11.7. The first-order valence-corrected chi connectivity index (χ1v) is 5.59. The number of aliphatic hydroxyl groups excluding tert-OH is 1. The molecule has 0 saturated carbocycles. The van der Waals surface area contributed by atoms with Crippen LogP contribution in [0, 0.1) is 0 Å². The van der Waals surface area contributed by atoms with Crippen molar-refractivity contribution in [1.29, 1.82) is 0 Å². The maximum Gasteiger partial charge on any atom is 0.326 e. The molecule has 0 fully saturated rings. The van der Waals surface area contributed by atoms with E-state index in [9.17, 15) is 14.4 Å². The Kier molecular flexibility index (Phi) is 7.45. The average Bonchev–Trinajstić information content (AvgIpc) is 2.27. The fourth-order valence-corrected chi connectivity index (χ4v) is 1.35. The number of aliphatic hydroxyl groups is 1.